The summed E-state index contributed by atoms with van der Waals surface area (Å²) in [6, 6.07) is 2.28. The molecule has 1 aliphatic carbocycles. The predicted molar refractivity (Wildman–Crippen MR) is 133 cm³/mol. The fourth-order valence-electron chi connectivity index (χ4n) is 4.72. The molecule has 33 heavy (non-hydrogen) atoms. The van der Waals surface area contributed by atoms with Gasteiger partial charge in [0.2, 0.25) is 5.91 Å². The summed E-state index contributed by atoms with van der Waals surface area (Å²) in [6.07, 6.45) is 5.15. The van der Waals surface area contributed by atoms with Crippen LogP contribution in [0.15, 0.2) is 11.6 Å². The summed E-state index contributed by atoms with van der Waals surface area (Å²) in [5, 5.41) is 16.6. The van der Waals surface area contributed by atoms with E-state index in [9.17, 15) is 14.9 Å². The number of hydrogen-bond donors (Lipinski definition) is 2. The van der Waals surface area contributed by atoms with E-state index in [2.05, 4.69) is 32.6 Å². The largest absolute Gasteiger partial charge is 0.379 e. The van der Waals surface area contributed by atoms with Crippen LogP contribution < -0.4 is 10.6 Å². The molecular weight excluding hydrogens is 436 g/mol. The number of anilines is 1. The van der Waals surface area contributed by atoms with Gasteiger partial charge in [-0.1, -0.05) is 18.6 Å². The summed E-state index contributed by atoms with van der Waals surface area (Å²) in [7, 11) is 7.89. The van der Waals surface area contributed by atoms with Crippen molar-refractivity contribution in [1.82, 2.24) is 20.0 Å². The van der Waals surface area contributed by atoms with Gasteiger partial charge >= 0.3 is 6.03 Å². The Morgan fingerprint density at radius 2 is 2.09 bits per heavy atom. The quantitative estimate of drug-likeness (QED) is 0.446. The van der Waals surface area contributed by atoms with E-state index < -0.39 is 0 Å². The molecule has 0 spiro atoms. The molecule has 1 aromatic rings. The second-order valence-electron chi connectivity index (χ2n) is 9.13. The van der Waals surface area contributed by atoms with Crippen molar-refractivity contribution in [3.05, 3.63) is 27.7 Å². The minimum Gasteiger partial charge on any atom is -0.379 e. The van der Waals surface area contributed by atoms with E-state index in [-0.39, 0.29) is 23.9 Å². The lowest BCUT2D eigenvalue weighted by Crippen LogP contribution is -2.52. The fourth-order valence-corrected chi connectivity index (χ4v) is 5.87. The molecule has 180 valence electrons. The SMILES string of the molecule is CCCN(C(=O)NCCCN(C)C)C(=O)[C@@H]1C=C2Cc3c(sc(NC)c3C#N)C[C@H]2N(C)C1. The molecule has 8 nitrogen and oxygen atoms in total. The number of carbonyl (C=O) groups excluding carboxylic acids is 2. The van der Waals surface area contributed by atoms with E-state index >= 15 is 0 Å². The Bertz CT molecular complexity index is 947. The van der Waals surface area contributed by atoms with Crippen LogP contribution in [0.1, 0.15) is 35.8 Å². The summed E-state index contributed by atoms with van der Waals surface area (Å²) in [5.74, 6) is -0.512. The standard InChI is InChI=1S/C24H36N6O2S/c1-6-9-30(24(32)27-8-7-10-28(3)4)23(31)17-11-16-12-18-19(14-25)22(26-2)33-21(18)13-20(16)29(5)15-17/h11,17,20,26H,6-10,12-13,15H2,1-5H3,(H,27,32)/t17-,20-/m1/s1. The van der Waals surface area contributed by atoms with E-state index in [1.165, 1.54) is 15.4 Å². The third-order valence-electron chi connectivity index (χ3n) is 6.38. The van der Waals surface area contributed by atoms with Crippen molar-refractivity contribution in [3.8, 4) is 6.07 Å². The third kappa shape index (κ3) is 5.57. The monoisotopic (exact) mass is 472 g/mol. The molecule has 1 aromatic heterocycles. The first-order chi connectivity index (χ1) is 15.8. The molecule has 2 N–H and O–H groups in total. The van der Waals surface area contributed by atoms with Crippen molar-refractivity contribution in [2.45, 2.75) is 38.6 Å². The molecule has 2 aliphatic rings. The minimum atomic E-state index is -0.366. The van der Waals surface area contributed by atoms with Gasteiger partial charge in [-0.05, 0) is 52.5 Å². The number of amides is 3. The van der Waals surface area contributed by atoms with Crippen molar-refractivity contribution >= 4 is 28.3 Å². The molecule has 0 unspecified atom stereocenters. The van der Waals surface area contributed by atoms with Crippen molar-refractivity contribution in [3.63, 3.8) is 0 Å². The van der Waals surface area contributed by atoms with Crippen LogP contribution in [0.3, 0.4) is 0 Å². The highest BCUT2D eigenvalue weighted by Gasteiger charge is 2.38. The molecule has 2 heterocycles. The number of fused-ring (bicyclic) bond motifs is 2. The predicted octanol–water partition coefficient (Wildman–Crippen LogP) is 2.52. The number of nitrogens with one attached hydrogen (secondary N) is 2. The van der Waals surface area contributed by atoms with Crippen LogP contribution in [0.25, 0.3) is 0 Å². The van der Waals surface area contributed by atoms with Crippen molar-refractivity contribution < 1.29 is 9.59 Å². The van der Waals surface area contributed by atoms with Gasteiger partial charge in [0.15, 0.2) is 0 Å². The van der Waals surface area contributed by atoms with Gasteiger partial charge in [-0.3, -0.25) is 14.6 Å². The maximum Gasteiger partial charge on any atom is 0.324 e. The molecule has 0 saturated carbocycles. The van der Waals surface area contributed by atoms with E-state index in [1.807, 2.05) is 35.1 Å². The van der Waals surface area contributed by atoms with Gasteiger partial charge in [0.25, 0.3) is 0 Å². The maximum absolute atomic E-state index is 13.4. The number of likely N-dealkylation sites (N-methyl/N-ethyl adjacent to an activating group) is 1. The minimum absolute atomic E-state index is 0.146. The fraction of sp³-hybridized carbons (Fsp3) is 0.625. The summed E-state index contributed by atoms with van der Waals surface area (Å²) in [4.78, 5) is 33.2. The Labute approximate surface area is 201 Å². The summed E-state index contributed by atoms with van der Waals surface area (Å²) in [6.45, 7) is 4.40. The maximum atomic E-state index is 13.4. The van der Waals surface area contributed by atoms with Crippen LogP contribution in [0.2, 0.25) is 0 Å². The highest BCUT2D eigenvalue weighted by Crippen LogP contribution is 2.41. The molecule has 9 heteroatoms. The third-order valence-corrected chi connectivity index (χ3v) is 7.65. The zero-order valence-electron chi connectivity index (χ0n) is 20.4. The number of carbonyl (C=O) groups is 2. The van der Waals surface area contributed by atoms with Gasteiger partial charge in [-0.2, -0.15) is 5.26 Å². The smallest absolute Gasteiger partial charge is 0.324 e. The first-order valence-electron chi connectivity index (χ1n) is 11.7. The van der Waals surface area contributed by atoms with Crippen molar-refractivity contribution in [2.75, 3.05) is 59.7 Å². The molecule has 0 fully saturated rings. The second-order valence-corrected chi connectivity index (χ2v) is 10.2. The Kier molecular flexibility index (Phi) is 8.51. The number of nitrogens with zero attached hydrogens (tertiary/aromatic N) is 4. The van der Waals surface area contributed by atoms with Crippen molar-refractivity contribution in [1.29, 1.82) is 5.26 Å². The first kappa shape index (κ1) is 25.2. The lowest BCUT2D eigenvalue weighted by Gasteiger charge is -2.40. The topological polar surface area (TPSA) is 91.7 Å². The molecule has 1 aliphatic heterocycles. The Balaban J connectivity index is 1.77. The molecule has 0 saturated heterocycles. The van der Waals surface area contributed by atoms with Crippen LogP contribution >= 0.6 is 11.3 Å². The summed E-state index contributed by atoms with van der Waals surface area (Å²) >= 11 is 1.66. The van der Waals surface area contributed by atoms with Gasteiger partial charge < -0.3 is 15.5 Å². The zero-order valence-corrected chi connectivity index (χ0v) is 21.2. The average molecular weight is 473 g/mol. The van der Waals surface area contributed by atoms with E-state index in [0.717, 1.165) is 41.9 Å². The second kappa shape index (κ2) is 11.1. The summed E-state index contributed by atoms with van der Waals surface area (Å²) in [5.41, 5.74) is 2.98. The molecule has 3 amide bonds. The van der Waals surface area contributed by atoms with Gasteiger partial charge in [0.05, 0.1) is 11.5 Å². The molecule has 3 rings (SSSR count). The first-order valence-corrected chi connectivity index (χ1v) is 12.5. The number of imide groups is 1. The Morgan fingerprint density at radius 3 is 2.73 bits per heavy atom. The average Bonchev–Trinajstić information content (AvgIpc) is 3.14. The number of nitriles is 1. The van der Waals surface area contributed by atoms with Gasteiger partial charge in [-0.25, -0.2) is 4.79 Å². The van der Waals surface area contributed by atoms with Crippen molar-refractivity contribution in [2.24, 2.45) is 5.92 Å². The number of hydrogen-bond acceptors (Lipinski definition) is 7. The van der Waals surface area contributed by atoms with Crippen LogP contribution in [-0.4, -0.2) is 87.0 Å². The highest BCUT2D eigenvalue weighted by molar-refractivity contribution is 7.16. The molecular formula is C24H36N6O2S. The van der Waals surface area contributed by atoms with Crippen LogP contribution in [-0.2, 0) is 17.6 Å². The van der Waals surface area contributed by atoms with Crippen LogP contribution in [0.4, 0.5) is 9.80 Å². The zero-order chi connectivity index (χ0) is 24.1. The van der Waals surface area contributed by atoms with E-state index in [4.69, 9.17) is 0 Å². The Hall–Kier alpha value is -2.41. The number of rotatable bonds is 8. The lowest BCUT2D eigenvalue weighted by atomic mass is 9.81. The lowest BCUT2D eigenvalue weighted by molar-refractivity contribution is -0.131. The molecule has 0 aromatic carbocycles. The highest BCUT2D eigenvalue weighted by atomic mass is 32.1. The summed E-state index contributed by atoms with van der Waals surface area (Å²) < 4.78 is 0. The van der Waals surface area contributed by atoms with Crippen LogP contribution in [0.5, 0.6) is 0 Å². The Morgan fingerprint density at radius 1 is 1.33 bits per heavy atom. The van der Waals surface area contributed by atoms with E-state index in [1.54, 1.807) is 11.3 Å². The van der Waals surface area contributed by atoms with Gasteiger partial charge in [-0.15, -0.1) is 11.3 Å². The number of urea groups is 1. The molecule has 0 radical (unpaired) electrons. The van der Waals surface area contributed by atoms with E-state index in [0.29, 0.717) is 26.1 Å². The molecule has 0 bridgehead atoms. The van der Waals surface area contributed by atoms with Gasteiger partial charge in [0, 0.05) is 44.0 Å². The number of thiophene rings is 1. The molecule has 2 atom stereocenters. The van der Waals surface area contributed by atoms with Crippen LogP contribution in [0, 0.1) is 17.2 Å². The normalized spacial score (nSPS) is 19.8. The van der Waals surface area contributed by atoms with Gasteiger partial charge in [0.1, 0.15) is 11.1 Å².